The monoisotopic (exact) mass is 307 g/mol. The van der Waals surface area contributed by atoms with Crippen molar-refractivity contribution in [2.75, 3.05) is 12.4 Å². The summed E-state index contributed by atoms with van der Waals surface area (Å²) in [6.07, 6.45) is 5.52. The maximum absolute atomic E-state index is 11.4. The van der Waals surface area contributed by atoms with Crippen LogP contribution in [0, 0.1) is 0 Å². The lowest BCUT2D eigenvalue weighted by molar-refractivity contribution is 0.0600. The first-order valence-corrected chi connectivity index (χ1v) is 7.26. The number of carbonyl (C=O) groups is 1. The van der Waals surface area contributed by atoms with E-state index >= 15 is 0 Å². The number of ether oxygens (including phenoxy) is 1. The number of carbonyl (C=O) groups excluding carboxylic acids is 1. The molecule has 0 bridgehead atoms. The fourth-order valence-electron chi connectivity index (χ4n) is 2.26. The molecule has 23 heavy (non-hydrogen) atoms. The van der Waals surface area contributed by atoms with Crippen molar-refractivity contribution in [2.24, 2.45) is 0 Å². The van der Waals surface area contributed by atoms with Crippen LogP contribution in [-0.4, -0.2) is 22.6 Å². The Balaban J connectivity index is 1.66. The van der Waals surface area contributed by atoms with E-state index in [9.17, 15) is 4.79 Å². The van der Waals surface area contributed by atoms with Gasteiger partial charge in [-0.1, -0.05) is 30.3 Å². The third kappa shape index (κ3) is 3.77. The fourth-order valence-corrected chi connectivity index (χ4v) is 2.26. The highest BCUT2D eigenvalue weighted by Crippen LogP contribution is 2.16. The van der Waals surface area contributed by atoms with Gasteiger partial charge in [-0.2, -0.15) is 0 Å². The van der Waals surface area contributed by atoms with Gasteiger partial charge in [0.1, 0.15) is 5.82 Å². The minimum absolute atomic E-state index is 0.391. The lowest BCUT2D eigenvalue weighted by atomic mass is 10.2. The molecule has 2 heterocycles. The SMILES string of the molecule is COC(=O)c1ccc(Nc2ccn(Cc3ccccc3)c2)nc1. The van der Waals surface area contributed by atoms with Gasteiger partial charge in [-0.15, -0.1) is 0 Å². The van der Waals surface area contributed by atoms with E-state index in [-0.39, 0.29) is 0 Å². The van der Waals surface area contributed by atoms with Gasteiger partial charge in [0.2, 0.25) is 0 Å². The minimum atomic E-state index is -0.391. The lowest BCUT2D eigenvalue weighted by Crippen LogP contribution is -2.02. The number of anilines is 2. The molecular weight excluding hydrogens is 290 g/mol. The van der Waals surface area contributed by atoms with Crippen LogP contribution >= 0.6 is 0 Å². The van der Waals surface area contributed by atoms with Crippen molar-refractivity contribution < 1.29 is 9.53 Å². The average Bonchev–Trinajstić information content (AvgIpc) is 3.02. The van der Waals surface area contributed by atoms with E-state index < -0.39 is 5.97 Å². The molecule has 0 radical (unpaired) electrons. The summed E-state index contributed by atoms with van der Waals surface area (Å²) in [6.45, 7) is 0.817. The minimum Gasteiger partial charge on any atom is -0.465 e. The Bertz CT molecular complexity index is 780. The second-order valence-electron chi connectivity index (χ2n) is 5.11. The van der Waals surface area contributed by atoms with Crippen LogP contribution in [-0.2, 0) is 11.3 Å². The van der Waals surface area contributed by atoms with Gasteiger partial charge in [-0.25, -0.2) is 9.78 Å². The largest absolute Gasteiger partial charge is 0.465 e. The van der Waals surface area contributed by atoms with Crippen molar-refractivity contribution in [2.45, 2.75) is 6.54 Å². The van der Waals surface area contributed by atoms with E-state index in [2.05, 4.69) is 31.7 Å². The Morgan fingerprint density at radius 2 is 2.00 bits per heavy atom. The molecule has 2 aromatic heterocycles. The number of hydrogen-bond donors (Lipinski definition) is 1. The predicted octanol–water partition coefficient (Wildman–Crippen LogP) is 3.46. The van der Waals surface area contributed by atoms with Gasteiger partial charge in [-0.05, 0) is 23.8 Å². The van der Waals surface area contributed by atoms with Gasteiger partial charge < -0.3 is 14.6 Å². The van der Waals surface area contributed by atoms with E-state index in [1.54, 1.807) is 12.1 Å². The summed E-state index contributed by atoms with van der Waals surface area (Å²) >= 11 is 0. The maximum Gasteiger partial charge on any atom is 0.339 e. The smallest absolute Gasteiger partial charge is 0.339 e. The molecule has 0 amide bonds. The van der Waals surface area contributed by atoms with Crippen molar-refractivity contribution in [1.29, 1.82) is 0 Å². The van der Waals surface area contributed by atoms with E-state index in [1.165, 1.54) is 18.9 Å². The van der Waals surface area contributed by atoms with Crippen LogP contribution in [0.4, 0.5) is 11.5 Å². The zero-order valence-corrected chi connectivity index (χ0v) is 12.8. The van der Waals surface area contributed by atoms with E-state index in [0.29, 0.717) is 11.4 Å². The van der Waals surface area contributed by atoms with Gasteiger partial charge in [0, 0.05) is 25.1 Å². The van der Waals surface area contributed by atoms with Crippen molar-refractivity contribution >= 4 is 17.5 Å². The average molecular weight is 307 g/mol. The first-order valence-electron chi connectivity index (χ1n) is 7.26. The molecule has 0 aliphatic carbocycles. The van der Waals surface area contributed by atoms with Gasteiger partial charge in [0.15, 0.2) is 0 Å². The molecule has 3 aromatic rings. The molecule has 0 saturated carbocycles. The van der Waals surface area contributed by atoms with E-state index in [1.807, 2.05) is 36.7 Å². The van der Waals surface area contributed by atoms with E-state index in [4.69, 9.17) is 0 Å². The molecule has 5 heteroatoms. The van der Waals surface area contributed by atoms with Gasteiger partial charge in [0.05, 0.1) is 18.4 Å². The summed E-state index contributed by atoms with van der Waals surface area (Å²) in [5, 5.41) is 3.21. The molecule has 0 spiro atoms. The maximum atomic E-state index is 11.4. The number of methoxy groups -OCH3 is 1. The third-order valence-electron chi connectivity index (χ3n) is 3.42. The molecule has 1 N–H and O–H groups in total. The second-order valence-corrected chi connectivity index (χ2v) is 5.11. The summed E-state index contributed by atoms with van der Waals surface area (Å²) in [5.41, 5.74) is 2.62. The molecule has 0 aliphatic heterocycles. The number of pyridine rings is 1. The third-order valence-corrected chi connectivity index (χ3v) is 3.42. The number of esters is 1. The Hall–Kier alpha value is -3.08. The highest BCUT2D eigenvalue weighted by molar-refractivity contribution is 5.89. The first kappa shape index (κ1) is 14.8. The topological polar surface area (TPSA) is 56.1 Å². The zero-order valence-electron chi connectivity index (χ0n) is 12.8. The number of rotatable bonds is 5. The summed E-state index contributed by atoms with van der Waals surface area (Å²) in [4.78, 5) is 15.6. The molecule has 0 unspecified atom stereocenters. The molecular formula is C18H17N3O2. The van der Waals surface area contributed by atoms with Gasteiger partial charge in [-0.3, -0.25) is 0 Å². The Morgan fingerprint density at radius 3 is 2.70 bits per heavy atom. The molecule has 116 valence electrons. The fraction of sp³-hybridized carbons (Fsp3) is 0.111. The van der Waals surface area contributed by atoms with E-state index in [0.717, 1.165) is 12.2 Å². The molecule has 0 fully saturated rings. The lowest BCUT2D eigenvalue weighted by Gasteiger charge is -2.05. The van der Waals surface area contributed by atoms with Crippen molar-refractivity contribution in [3.8, 4) is 0 Å². The number of hydrogen-bond acceptors (Lipinski definition) is 4. The number of nitrogens with zero attached hydrogens (tertiary/aromatic N) is 2. The number of benzene rings is 1. The summed E-state index contributed by atoms with van der Waals surface area (Å²) < 4.78 is 6.75. The number of aromatic nitrogens is 2. The molecule has 0 saturated heterocycles. The normalized spacial score (nSPS) is 10.3. The van der Waals surface area contributed by atoms with Crippen molar-refractivity contribution in [3.63, 3.8) is 0 Å². The molecule has 0 aliphatic rings. The first-order chi connectivity index (χ1) is 11.2. The molecule has 1 aromatic carbocycles. The van der Waals surface area contributed by atoms with Crippen LogP contribution < -0.4 is 5.32 Å². The zero-order chi connectivity index (χ0) is 16.1. The molecule has 0 atom stereocenters. The predicted molar refractivity (Wildman–Crippen MR) is 88.8 cm³/mol. The summed E-state index contributed by atoms with van der Waals surface area (Å²) in [5.74, 6) is 0.285. The number of nitrogens with one attached hydrogen (secondary N) is 1. The summed E-state index contributed by atoms with van der Waals surface area (Å²) in [7, 11) is 1.35. The standard InChI is InChI=1S/C18H17N3O2/c1-23-18(22)15-7-8-17(19-11-15)20-16-9-10-21(13-16)12-14-5-3-2-4-6-14/h2-11,13H,12H2,1H3,(H,19,20). The highest BCUT2D eigenvalue weighted by atomic mass is 16.5. The Morgan fingerprint density at radius 1 is 1.17 bits per heavy atom. The van der Waals surface area contributed by atoms with Crippen molar-refractivity contribution in [1.82, 2.24) is 9.55 Å². The summed E-state index contributed by atoms with van der Waals surface area (Å²) in [6, 6.07) is 15.7. The van der Waals surface area contributed by atoms with Crippen LogP contribution in [0.15, 0.2) is 67.1 Å². The second kappa shape index (κ2) is 6.79. The van der Waals surface area contributed by atoms with Crippen LogP contribution in [0.1, 0.15) is 15.9 Å². The Labute approximate surface area is 134 Å². The van der Waals surface area contributed by atoms with Crippen LogP contribution in [0.5, 0.6) is 0 Å². The Kier molecular flexibility index (Phi) is 4.38. The van der Waals surface area contributed by atoms with Gasteiger partial charge in [0.25, 0.3) is 0 Å². The van der Waals surface area contributed by atoms with Gasteiger partial charge >= 0.3 is 5.97 Å². The molecule has 5 nitrogen and oxygen atoms in total. The van der Waals surface area contributed by atoms with Crippen LogP contribution in [0.3, 0.4) is 0 Å². The van der Waals surface area contributed by atoms with Crippen LogP contribution in [0.2, 0.25) is 0 Å². The highest BCUT2D eigenvalue weighted by Gasteiger charge is 2.06. The van der Waals surface area contributed by atoms with Crippen LogP contribution in [0.25, 0.3) is 0 Å². The quantitative estimate of drug-likeness (QED) is 0.733. The van der Waals surface area contributed by atoms with Crippen molar-refractivity contribution in [3.05, 3.63) is 78.2 Å². The molecule has 3 rings (SSSR count).